The molecule has 0 saturated heterocycles. The quantitative estimate of drug-likeness (QED) is 0.666. The monoisotopic (exact) mass is 395 g/mol. The van der Waals surface area contributed by atoms with Gasteiger partial charge in [0.15, 0.2) is 0 Å². The number of pyridine rings is 1. The SMILES string of the molecule is Cn1cc(C2=CC(N)C(N)(c3cc(-c4ccc(F)cc4)cc(Cl)n3)C=C2)cn1. The van der Waals surface area contributed by atoms with E-state index < -0.39 is 11.6 Å². The van der Waals surface area contributed by atoms with E-state index in [0.717, 1.165) is 22.3 Å². The summed E-state index contributed by atoms with van der Waals surface area (Å²) in [6.07, 6.45) is 9.35. The van der Waals surface area contributed by atoms with Gasteiger partial charge in [0.25, 0.3) is 0 Å². The predicted octanol–water partition coefficient (Wildman–Crippen LogP) is 3.41. The second-order valence-electron chi connectivity index (χ2n) is 6.89. The zero-order valence-electron chi connectivity index (χ0n) is 15.2. The first-order chi connectivity index (χ1) is 13.3. The van der Waals surface area contributed by atoms with Crippen molar-refractivity contribution in [3.8, 4) is 11.1 Å². The van der Waals surface area contributed by atoms with Crippen molar-refractivity contribution >= 4 is 17.2 Å². The summed E-state index contributed by atoms with van der Waals surface area (Å²) in [4.78, 5) is 4.41. The number of aromatic nitrogens is 3. The van der Waals surface area contributed by atoms with Crippen LogP contribution in [-0.4, -0.2) is 20.8 Å². The minimum Gasteiger partial charge on any atom is -0.322 e. The van der Waals surface area contributed by atoms with E-state index in [2.05, 4.69) is 10.1 Å². The van der Waals surface area contributed by atoms with Gasteiger partial charge in [0, 0.05) is 18.8 Å². The molecule has 7 heteroatoms. The molecule has 0 fully saturated rings. The van der Waals surface area contributed by atoms with Crippen molar-refractivity contribution in [3.05, 3.63) is 89.2 Å². The number of allylic oxidation sites excluding steroid dienone is 2. The van der Waals surface area contributed by atoms with Crippen molar-refractivity contribution in [1.82, 2.24) is 14.8 Å². The highest BCUT2D eigenvalue weighted by molar-refractivity contribution is 6.29. The van der Waals surface area contributed by atoms with Crippen molar-refractivity contribution in [2.45, 2.75) is 11.6 Å². The van der Waals surface area contributed by atoms with Crippen LogP contribution in [0.25, 0.3) is 16.7 Å². The van der Waals surface area contributed by atoms with Gasteiger partial charge in [0.2, 0.25) is 0 Å². The van der Waals surface area contributed by atoms with E-state index in [0.29, 0.717) is 10.8 Å². The summed E-state index contributed by atoms with van der Waals surface area (Å²) in [6.45, 7) is 0. The van der Waals surface area contributed by atoms with Crippen molar-refractivity contribution in [2.24, 2.45) is 18.5 Å². The van der Waals surface area contributed by atoms with Gasteiger partial charge < -0.3 is 11.5 Å². The molecule has 142 valence electrons. The highest BCUT2D eigenvalue weighted by Gasteiger charge is 2.35. The Kier molecular flexibility index (Phi) is 4.63. The van der Waals surface area contributed by atoms with Crippen LogP contribution in [0.5, 0.6) is 0 Å². The lowest BCUT2D eigenvalue weighted by molar-refractivity contribution is 0.480. The number of aryl methyl sites for hydroxylation is 1. The molecule has 4 N–H and O–H groups in total. The maximum absolute atomic E-state index is 13.2. The van der Waals surface area contributed by atoms with Gasteiger partial charge in [0.05, 0.1) is 23.5 Å². The molecule has 1 aliphatic carbocycles. The molecule has 2 aromatic heterocycles. The lowest BCUT2D eigenvalue weighted by Gasteiger charge is -2.33. The minimum atomic E-state index is -1.02. The molecule has 0 bridgehead atoms. The highest BCUT2D eigenvalue weighted by Crippen LogP contribution is 2.33. The average molecular weight is 396 g/mol. The Morgan fingerprint density at radius 2 is 1.89 bits per heavy atom. The van der Waals surface area contributed by atoms with Gasteiger partial charge in [-0.3, -0.25) is 4.68 Å². The predicted molar refractivity (Wildman–Crippen MR) is 109 cm³/mol. The third-order valence-corrected chi connectivity index (χ3v) is 5.10. The number of rotatable bonds is 3. The van der Waals surface area contributed by atoms with Crippen LogP contribution in [0.2, 0.25) is 5.15 Å². The zero-order chi connectivity index (χ0) is 19.9. The van der Waals surface area contributed by atoms with Gasteiger partial charge in [-0.25, -0.2) is 9.37 Å². The summed E-state index contributed by atoms with van der Waals surface area (Å²) in [5, 5.41) is 4.48. The third-order valence-electron chi connectivity index (χ3n) is 4.90. The third kappa shape index (κ3) is 3.38. The normalized spacial score (nSPS) is 21.6. The molecule has 0 spiro atoms. The summed E-state index contributed by atoms with van der Waals surface area (Å²) < 4.78 is 15.0. The molecule has 0 radical (unpaired) electrons. The number of hydrogen-bond donors (Lipinski definition) is 2. The molecule has 3 aromatic rings. The van der Waals surface area contributed by atoms with Gasteiger partial charge in [-0.1, -0.05) is 42.0 Å². The van der Waals surface area contributed by atoms with Crippen LogP contribution >= 0.6 is 11.6 Å². The van der Waals surface area contributed by atoms with Gasteiger partial charge in [-0.2, -0.15) is 5.10 Å². The van der Waals surface area contributed by atoms with E-state index >= 15 is 0 Å². The van der Waals surface area contributed by atoms with Crippen molar-refractivity contribution in [2.75, 3.05) is 0 Å². The topological polar surface area (TPSA) is 82.8 Å². The zero-order valence-corrected chi connectivity index (χ0v) is 15.9. The minimum absolute atomic E-state index is 0.296. The number of benzene rings is 1. The summed E-state index contributed by atoms with van der Waals surface area (Å²) in [5.74, 6) is -0.301. The number of hydrogen-bond acceptors (Lipinski definition) is 4. The molecule has 1 aromatic carbocycles. The van der Waals surface area contributed by atoms with Crippen LogP contribution in [0.1, 0.15) is 11.3 Å². The largest absolute Gasteiger partial charge is 0.322 e. The van der Waals surface area contributed by atoms with E-state index in [1.807, 2.05) is 37.5 Å². The fourth-order valence-corrected chi connectivity index (χ4v) is 3.48. The van der Waals surface area contributed by atoms with Crippen LogP contribution in [0.3, 0.4) is 0 Å². The second kappa shape index (κ2) is 6.98. The lowest BCUT2D eigenvalue weighted by Crippen LogP contribution is -2.51. The van der Waals surface area contributed by atoms with Crippen molar-refractivity contribution in [3.63, 3.8) is 0 Å². The first-order valence-electron chi connectivity index (χ1n) is 8.74. The van der Waals surface area contributed by atoms with E-state index in [1.165, 1.54) is 12.1 Å². The number of halogens is 2. The van der Waals surface area contributed by atoms with Crippen molar-refractivity contribution < 1.29 is 4.39 Å². The van der Waals surface area contributed by atoms with Gasteiger partial charge in [-0.15, -0.1) is 0 Å². The van der Waals surface area contributed by atoms with Gasteiger partial charge in [-0.05, 0) is 41.0 Å². The fourth-order valence-electron chi connectivity index (χ4n) is 3.27. The summed E-state index contributed by atoms with van der Waals surface area (Å²) in [5.41, 5.74) is 16.1. The Morgan fingerprint density at radius 3 is 2.54 bits per heavy atom. The molecule has 0 amide bonds. The van der Waals surface area contributed by atoms with E-state index in [4.69, 9.17) is 23.1 Å². The van der Waals surface area contributed by atoms with Crippen LogP contribution in [0.4, 0.5) is 4.39 Å². The van der Waals surface area contributed by atoms with E-state index in [-0.39, 0.29) is 5.82 Å². The molecule has 0 aliphatic heterocycles. The van der Waals surface area contributed by atoms with Crippen LogP contribution in [-0.2, 0) is 12.6 Å². The second-order valence-corrected chi connectivity index (χ2v) is 7.27. The molecule has 4 rings (SSSR count). The Morgan fingerprint density at radius 1 is 1.14 bits per heavy atom. The molecular weight excluding hydrogens is 377 g/mol. The average Bonchev–Trinajstić information content (AvgIpc) is 3.10. The van der Waals surface area contributed by atoms with Crippen LogP contribution in [0.15, 0.2) is 67.0 Å². The van der Waals surface area contributed by atoms with Gasteiger partial charge >= 0.3 is 0 Å². The van der Waals surface area contributed by atoms with E-state index in [1.54, 1.807) is 29.1 Å². The van der Waals surface area contributed by atoms with Crippen LogP contribution < -0.4 is 11.5 Å². The standard InChI is InChI=1S/C21H19ClFN5/c1-28-12-16(11-26-28)14-6-7-21(25,18(24)8-14)19-9-15(10-20(22)27-19)13-2-4-17(23)5-3-13/h2-12,18H,24-25H2,1H3. The molecule has 2 heterocycles. The highest BCUT2D eigenvalue weighted by atomic mass is 35.5. The maximum atomic E-state index is 13.2. The first kappa shape index (κ1) is 18.6. The smallest absolute Gasteiger partial charge is 0.130 e. The molecule has 28 heavy (non-hydrogen) atoms. The Labute approximate surface area is 167 Å². The van der Waals surface area contributed by atoms with Crippen molar-refractivity contribution in [1.29, 1.82) is 0 Å². The van der Waals surface area contributed by atoms with Crippen LogP contribution in [0, 0.1) is 5.82 Å². The maximum Gasteiger partial charge on any atom is 0.130 e. The summed E-state index contributed by atoms with van der Waals surface area (Å²) in [6, 6.07) is 9.21. The molecule has 2 atom stereocenters. The molecule has 2 unspecified atom stereocenters. The Balaban J connectivity index is 1.72. The summed E-state index contributed by atoms with van der Waals surface area (Å²) >= 11 is 6.26. The molecule has 0 saturated carbocycles. The molecular formula is C21H19ClFN5. The summed E-state index contributed by atoms with van der Waals surface area (Å²) in [7, 11) is 1.86. The Hall–Kier alpha value is -2.80. The molecule has 1 aliphatic rings. The Bertz CT molecular complexity index is 1090. The fraction of sp³-hybridized carbons (Fsp3) is 0.143. The lowest BCUT2D eigenvalue weighted by atomic mass is 9.81. The number of nitrogens with zero attached hydrogens (tertiary/aromatic N) is 3. The molecule has 5 nitrogen and oxygen atoms in total. The first-order valence-corrected chi connectivity index (χ1v) is 9.11. The van der Waals surface area contributed by atoms with Gasteiger partial charge in [0.1, 0.15) is 11.0 Å². The van der Waals surface area contributed by atoms with E-state index in [9.17, 15) is 4.39 Å². The number of nitrogens with two attached hydrogens (primary N) is 2.